The summed E-state index contributed by atoms with van der Waals surface area (Å²) in [6.07, 6.45) is -10.4. The quantitative estimate of drug-likeness (QED) is 0.119. The van der Waals surface area contributed by atoms with Crippen LogP contribution in [0.4, 0.5) is 0 Å². The van der Waals surface area contributed by atoms with Gasteiger partial charge in [0.1, 0.15) is 0 Å². The molecule has 0 aromatic carbocycles. The molecule has 2 aliphatic carbocycles. The predicted molar refractivity (Wildman–Crippen MR) is 397 cm³/mol. The number of rotatable bonds is 19. The highest BCUT2D eigenvalue weighted by atomic mass is 15.2. The second kappa shape index (κ2) is 41.1. The maximum absolute atomic E-state index is 5.59. The van der Waals surface area contributed by atoms with E-state index in [4.69, 9.17) is 201 Å². The van der Waals surface area contributed by atoms with Gasteiger partial charge >= 0.3 is 0 Å². The first-order chi connectivity index (χ1) is 33.5. The molecule has 0 N–H and O–H groups in total. The van der Waals surface area contributed by atoms with Crippen LogP contribution in [0.3, 0.4) is 0 Å². The minimum absolute atomic E-state index is 0. The lowest BCUT2D eigenvalue weighted by Gasteiger charge is -2.49. The number of hydrogen-bond acceptors (Lipinski definition) is 2. The van der Waals surface area contributed by atoms with Crippen molar-refractivity contribution in [3.63, 3.8) is 0 Å². The molecular formula is C26H54B47N2. The SMILES string of the molecule is C.C.CCN1C2[C@H]([C@@H](C)[C@H]2C)[C@H](C)[C@@H]1C.CCN1C2[C@H]([C@@H](C)[C@H]2C)[C@H](C)[C@@H]1C.[B]B([B])B([B])B(B([B])[B])B([B])[B].[B][B]B(B([B])[B])B(B([B])[B])B([B])[B].[B][B]B([B])B(B([B])[B])B([B])[B].[B][B]B([B])B(B([B])[B])B([B])[B]. The molecular weight excluding hydrogens is 848 g/mol. The zero-order chi connectivity index (χ0) is 58.0. The summed E-state index contributed by atoms with van der Waals surface area (Å²) in [4.78, 5) is 5.44. The predicted octanol–water partition coefficient (Wildman–Crippen LogP) is -11.4. The van der Waals surface area contributed by atoms with Crippen LogP contribution in [0.2, 0.25) is 0 Å². The second-order valence-corrected chi connectivity index (χ2v) is 21.4. The van der Waals surface area contributed by atoms with Crippen LogP contribution < -0.4 is 0 Å². The minimum Gasteiger partial charge on any atom is -0.297 e. The molecule has 0 spiro atoms. The molecule has 2 heterocycles. The van der Waals surface area contributed by atoms with Crippen molar-refractivity contribution in [2.24, 2.45) is 47.3 Å². The van der Waals surface area contributed by atoms with Crippen LogP contribution in [-0.2, 0) is 0 Å². The largest absolute Gasteiger partial charge is 0.297 e. The van der Waals surface area contributed by atoms with Gasteiger partial charge in [-0.05, 0) is 74.3 Å². The van der Waals surface area contributed by atoms with Crippen LogP contribution in [-0.4, -0.2) is 384 Å². The molecule has 49 heteroatoms. The van der Waals surface area contributed by atoms with E-state index in [2.05, 4.69) is 79.0 Å². The fourth-order valence-electron chi connectivity index (χ4n) is 11.9. The summed E-state index contributed by atoms with van der Waals surface area (Å²) >= 11 is 0. The smallest absolute Gasteiger partial charge is 0.0160 e. The molecule has 2 saturated carbocycles. The summed E-state index contributed by atoms with van der Waals surface area (Å²) in [7, 11) is 144. The Morgan fingerprint density at radius 2 is 0.573 bits per heavy atom. The van der Waals surface area contributed by atoms with Crippen molar-refractivity contribution in [3.05, 3.63) is 0 Å². The fourth-order valence-corrected chi connectivity index (χ4v) is 11.9. The van der Waals surface area contributed by atoms with Crippen LogP contribution in [0.15, 0.2) is 0 Å². The molecule has 309 valence electrons. The lowest BCUT2D eigenvalue weighted by Crippen LogP contribution is -2.69. The monoisotopic (exact) mass is 912 g/mol. The van der Waals surface area contributed by atoms with Gasteiger partial charge in [0.15, 0.2) is 0 Å². The molecule has 2 unspecified atom stereocenters. The molecule has 75 heavy (non-hydrogen) atoms. The Morgan fingerprint density at radius 3 is 0.707 bits per heavy atom. The lowest BCUT2D eigenvalue weighted by molar-refractivity contribution is -0.00164. The first-order valence-corrected chi connectivity index (χ1v) is 26.0. The third-order valence-electron chi connectivity index (χ3n) is 16.9. The Balaban J connectivity index is -0.000000402. The van der Waals surface area contributed by atoms with E-state index in [1.54, 1.807) is 0 Å². The van der Waals surface area contributed by atoms with Gasteiger partial charge in [-0.3, -0.25) is 9.80 Å². The highest BCUT2D eigenvalue weighted by Crippen LogP contribution is 2.55. The third-order valence-corrected chi connectivity index (χ3v) is 16.9. The average Bonchev–Trinajstić information content (AvgIpc) is 3.66. The zero-order valence-electron chi connectivity index (χ0n) is 46.4. The second-order valence-electron chi connectivity index (χ2n) is 21.4. The van der Waals surface area contributed by atoms with Crippen molar-refractivity contribution in [1.29, 1.82) is 0 Å². The molecule has 55 radical (unpaired) electrons. The molecule has 0 bridgehead atoms. The number of nitrogens with zero attached hydrogens (tertiary/aromatic N) is 2. The van der Waals surface area contributed by atoms with Crippen LogP contribution in [0, 0.1) is 47.3 Å². The number of fused-ring (bicyclic) bond motifs is 2. The Morgan fingerprint density at radius 1 is 0.320 bits per heavy atom. The Labute approximate surface area is 511 Å². The highest BCUT2D eigenvalue weighted by molar-refractivity contribution is 8.08. The maximum atomic E-state index is 5.59. The molecule has 4 aliphatic rings. The van der Waals surface area contributed by atoms with E-state index in [0.717, 1.165) is 71.5 Å². The normalized spacial score (nSPS) is 24.8. The van der Waals surface area contributed by atoms with E-state index in [0.29, 0.717) is 0 Å². The zero-order valence-corrected chi connectivity index (χ0v) is 46.4. The van der Waals surface area contributed by atoms with E-state index in [9.17, 15) is 0 Å². The molecule has 4 rings (SSSR count). The van der Waals surface area contributed by atoms with E-state index in [1.165, 1.54) is 34.3 Å². The summed E-state index contributed by atoms with van der Waals surface area (Å²) in [5.74, 6) is 7.58. The average molecular weight is 903 g/mol. The van der Waals surface area contributed by atoms with Crippen molar-refractivity contribution in [1.82, 2.24) is 9.80 Å². The van der Waals surface area contributed by atoms with Crippen molar-refractivity contribution in [2.45, 2.75) is 108 Å². The van der Waals surface area contributed by atoms with E-state index < -0.39 is 95.8 Å². The molecule has 12 atom stereocenters. The van der Waals surface area contributed by atoms with Crippen molar-refractivity contribution >= 4 is 337 Å². The van der Waals surface area contributed by atoms with E-state index in [1.807, 2.05) is 0 Å². The van der Waals surface area contributed by atoms with Crippen LogP contribution in [0.1, 0.15) is 84.1 Å². The summed E-state index contributed by atoms with van der Waals surface area (Å²) < 4.78 is 0. The topological polar surface area (TPSA) is 6.48 Å². The molecule has 2 nitrogen and oxygen atoms in total. The van der Waals surface area contributed by atoms with Gasteiger partial charge < -0.3 is 0 Å². The molecule has 4 fully saturated rings. The van der Waals surface area contributed by atoms with Crippen molar-refractivity contribution < 1.29 is 0 Å². The Kier molecular flexibility index (Phi) is 46.3. The van der Waals surface area contributed by atoms with Crippen LogP contribution in [0.25, 0.3) is 0 Å². The first kappa shape index (κ1) is 84.4. The van der Waals surface area contributed by atoms with Gasteiger partial charge in [-0.25, -0.2) is 0 Å². The lowest BCUT2D eigenvalue weighted by atomic mass is 8.50. The van der Waals surface area contributed by atoms with Gasteiger partial charge in [-0.15, -0.1) is 0 Å². The van der Waals surface area contributed by atoms with Gasteiger partial charge in [0.25, 0.3) is 0 Å². The third kappa shape index (κ3) is 24.5. The van der Waals surface area contributed by atoms with Gasteiger partial charge in [0, 0.05) is 361 Å². The van der Waals surface area contributed by atoms with Crippen molar-refractivity contribution in [3.8, 4) is 0 Å². The summed E-state index contributed by atoms with van der Waals surface area (Å²) in [5, 5.41) is 0. The molecule has 0 amide bonds. The van der Waals surface area contributed by atoms with Gasteiger partial charge in [0.05, 0.1) is 0 Å². The Bertz CT molecular complexity index is 1280. The van der Waals surface area contributed by atoms with Gasteiger partial charge in [-0.1, -0.05) is 70.2 Å². The Hall–Kier alpha value is 2.97. The fraction of sp³-hybridized carbons (Fsp3) is 1.00. The number of hydrogen-bond donors (Lipinski definition) is 0. The summed E-state index contributed by atoms with van der Waals surface area (Å²) in [5.41, 5.74) is 0. The molecule has 0 aromatic heterocycles. The minimum atomic E-state index is -0.723. The molecule has 2 aliphatic heterocycles. The maximum Gasteiger partial charge on any atom is 0.0160 e. The van der Waals surface area contributed by atoms with Crippen molar-refractivity contribution in [2.75, 3.05) is 13.1 Å². The van der Waals surface area contributed by atoms with E-state index in [-0.39, 0.29) is 34.0 Å². The van der Waals surface area contributed by atoms with Gasteiger partial charge in [-0.2, -0.15) is 0 Å². The standard InChI is InChI=1S/2C12H23N.2CH4.B13.B12.2B11/c2*1-6-13-10(5)9(4)11-7(2)8(3)12(11)13;;;1-8-12(9(2)3)13(10(4)5)11(6)7;1-8(2)11(7)12(9(3)4)10(5)6;2*1-7-10(6)11(8(2)3)9(4)5/h2*7-12H,6H2,1-5H3;2*1H4;;;;/t2*7-,8+,9+,10-,11+,12?;;;;;;/m00....../s1. The van der Waals surface area contributed by atoms with E-state index >= 15 is 0 Å². The highest BCUT2D eigenvalue weighted by Gasteiger charge is 2.58. The summed E-state index contributed by atoms with van der Waals surface area (Å²) in [6, 6.07) is 3.44. The molecule has 2 saturated heterocycles. The van der Waals surface area contributed by atoms with Crippen LogP contribution >= 0.6 is 0 Å². The van der Waals surface area contributed by atoms with Gasteiger partial charge in [0.2, 0.25) is 0 Å². The number of likely N-dealkylation sites (tertiary alicyclic amines) is 2. The first-order valence-electron chi connectivity index (χ1n) is 26.0. The van der Waals surface area contributed by atoms with Crippen LogP contribution in [0.5, 0.6) is 0 Å². The molecule has 0 aromatic rings. The summed E-state index contributed by atoms with van der Waals surface area (Å²) in [6.45, 7) is 26.5.